The van der Waals surface area contributed by atoms with E-state index in [1.807, 2.05) is 6.92 Å². The van der Waals surface area contributed by atoms with Gasteiger partial charge in [0.15, 0.2) is 0 Å². The maximum atomic E-state index is 9.31. The van der Waals surface area contributed by atoms with E-state index in [1.54, 1.807) is 18.4 Å². The van der Waals surface area contributed by atoms with Crippen molar-refractivity contribution in [3.63, 3.8) is 0 Å². The highest BCUT2D eigenvalue weighted by Gasteiger charge is 2.16. The molecule has 3 N–H and O–H groups in total. The molecule has 0 saturated heterocycles. The van der Waals surface area contributed by atoms with Crippen LogP contribution >= 0.6 is 0 Å². The van der Waals surface area contributed by atoms with Crippen LogP contribution in [-0.4, -0.2) is 11.2 Å². The first-order valence-corrected chi connectivity index (χ1v) is 3.72. The van der Waals surface area contributed by atoms with Crippen LogP contribution in [0, 0.1) is 0 Å². The lowest BCUT2D eigenvalue weighted by Gasteiger charge is -2.13. The van der Waals surface area contributed by atoms with Gasteiger partial charge >= 0.3 is 0 Å². The second-order valence-electron chi connectivity index (χ2n) is 2.52. The van der Waals surface area contributed by atoms with Crippen molar-refractivity contribution in [1.29, 1.82) is 0 Å². The Morgan fingerprint density at radius 1 is 1.73 bits per heavy atom. The fourth-order valence-corrected chi connectivity index (χ4v) is 0.924. The molecule has 1 aromatic heterocycles. The summed E-state index contributed by atoms with van der Waals surface area (Å²) in [7, 11) is 0. The summed E-state index contributed by atoms with van der Waals surface area (Å²) in [6.07, 6.45) is 1.68. The monoisotopic (exact) mass is 155 g/mol. The Morgan fingerprint density at radius 2 is 2.45 bits per heavy atom. The number of hydrogen-bond donors (Lipinski definition) is 2. The Bertz CT molecular complexity index is 196. The minimum absolute atomic E-state index is 0.394. The topological polar surface area (TPSA) is 59.4 Å². The van der Waals surface area contributed by atoms with Crippen molar-refractivity contribution >= 4 is 0 Å². The second kappa shape index (κ2) is 3.55. The zero-order valence-electron chi connectivity index (χ0n) is 6.53. The lowest BCUT2D eigenvalue weighted by molar-refractivity contribution is 0.131. The van der Waals surface area contributed by atoms with Crippen LogP contribution in [0.5, 0.6) is 0 Å². The van der Waals surface area contributed by atoms with E-state index in [2.05, 4.69) is 0 Å². The lowest BCUT2D eigenvalue weighted by atomic mass is 10.1. The van der Waals surface area contributed by atoms with Crippen molar-refractivity contribution in [2.75, 3.05) is 0 Å². The maximum absolute atomic E-state index is 9.31. The molecular weight excluding hydrogens is 142 g/mol. The molecule has 0 fully saturated rings. The van der Waals surface area contributed by atoms with Crippen LogP contribution in [0.25, 0.3) is 0 Å². The molecule has 2 atom stereocenters. The Hall–Kier alpha value is -0.800. The summed E-state index contributed by atoms with van der Waals surface area (Å²) in [6.45, 7) is 1.88. The van der Waals surface area contributed by atoms with Gasteiger partial charge in [-0.25, -0.2) is 0 Å². The van der Waals surface area contributed by atoms with Gasteiger partial charge in [0.25, 0.3) is 0 Å². The molecule has 62 valence electrons. The predicted octanol–water partition coefficient (Wildman–Crippen LogP) is 1.05. The molecule has 3 heteroatoms. The van der Waals surface area contributed by atoms with Crippen molar-refractivity contribution in [3.8, 4) is 0 Å². The molecule has 0 aliphatic rings. The Morgan fingerprint density at radius 3 is 2.91 bits per heavy atom. The fourth-order valence-electron chi connectivity index (χ4n) is 0.924. The third-order valence-electron chi connectivity index (χ3n) is 1.70. The smallest absolute Gasteiger partial charge is 0.123 e. The first kappa shape index (κ1) is 8.30. The molecule has 0 spiro atoms. The van der Waals surface area contributed by atoms with Crippen molar-refractivity contribution in [3.05, 3.63) is 24.2 Å². The average molecular weight is 155 g/mol. The van der Waals surface area contributed by atoms with E-state index in [0.717, 1.165) is 0 Å². The van der Waals surface area contributed by atoms with Crippen LogP contribution in [-0.2, 0) is 0 Å². The summed E-state index contributed by atoms with van der Waals surface area (Å²) >= 11 is 0. The van der Waals surface area contributed by atoms with Gasteiger partial charge in [0.1, 0.15) is 5.76 Å². The van der Waals surface area contributed by atoms with E-state index in [4.69, 9.17) is 10.2 Å². The van der Waals surface area contributed by atoms with Crippen LogP contribution in [0.2, 0.25) is 0 Å². The van der Waals surface area contributed by atoms with Gasteiger partial charge in [-0.2, -0.15) is 0 Å². The minimum Gasteiger partial charge on any atom is -0.468 e. The third-order valence-corrected chi connectivity index (χ3v) is 1.70. The molecule has 0 bridgehead atoms. The van der Waals surface area contributed by atoms with Crippen LogP contribution in [0.3, 0.4) is 0 Å². The molecule has 1 heterocycles. The molecule has 1 aromatic rings. The zero-order valence-corrected chi connectivity index (χ0v) is 6.53. The van der Waals surface area contributed by atoms with E-state index >= 15 is 0 Å². The Kier molecular flexibility index (Phi) is 2.68. The summed E-state index contributed by atoms with van der Waals surface area (Å²) in [5, 5.41) is 9.31. The van der Waals surface area contributed by atoms with E-state index in [9.17, 15) is 5.11 Å². The van der Waals surface area contributed by atoms with Gasteiger partial charge in [-0.05, 0) is 18.6 Å². The fraction of sp³-hybridized carbons (Fsp3) is 0.500. The highest BCUT2D eigenvalue weighted by molar-refractivity contribution is 5.05. The second-order valence-corrected chi connectivity index (χ2v) is 2.52. The largest absolute Gasteiger partial charge is 0.468 e. The predicted molar refractivity (Wildman–Crippen MR) is 41.9 cm³/mol. The summed E-state index contributed by atoms with van der Waals surface area (Å²) in [5.74, 6) is 0.638. The van der Waals surface area contributed by atoms with Gasteiger partial charge < -0.3 is 15.3 Å². The van der Waals surface area contributed by atoms with Crippen LogP contribution < -0.4 is 5.73 Å². The van der Waals surface area contributed by atoms with Gasteiger partial charge in [-0.1, -0.05) is 6.92 Å². The molecule has 3 nitrogen and oxygen atoms in total. The number of aliphatic hydroxyl groups excluding tert-OH is 1. The Balaban J connectivity index is 2.62. The minimum atomic E-state index is -0.513. The summed E-state index contributed by atoms with van der Waals surface area (Å²) < 4.78 is 5.03. The maximum Gasteiger partial charge on any atom is 0.123 e. The van der Waals surface area contributed by atoms with Gasteiger partial charge in [0, 0.05) is 0 Å². The highest BCUT2D eigenvalue weighted by atomic mass is 16.3. The molecule has 11 heavy (non-hydrogen) atoms. The summed E-state index contributed by atoms with van der Waals surface area (Å²) in [6, 6.07) is 3.14. The van der Waals surface area contributed by atoms with E-state index in [-0.39, 0.29) is 0 Å². The van der Waals surface area contributed by atoms with Crippen molar-refractivity contribution < 1.29 is 9.52 Å². The van der Waals surface area contributed by atoms with Gasteiger partial charge in [-0.3, -0.25) is 0 Å². The first-order chi connectivity index (χ1) is 5.25. The molecular formula is C8H13NO2. The van der Waals surface area contributed by atoms with E-state index in [1.165, 1.54) is 0 Å². The van der Waals surface area contributed by atoms with Gasteiger partial charge in [-0.15, -0.1) is 0 Å². The lowest BCUT2D eigenvalue weighted by Crippen LogP contribution is -2.24. The summed E-state index contributed by atoms with van der Waals surface area (Å²) in [5.41, 5.74) is 5.65. The molecule has 0 aliphatic carbocycles. The average Bonchev–Trinajstić information content (AvgIpc) is 2.53. The van der Waals surface area contributed by atoms with Crippen LogP contribution in [0.1, 0.15) is 25.1 Å². The normalized spacial score (nSPS) is 16.3. The number of aliphatic hydroxyl groups is 1. The highest BCUT2D eigenvalue weighted by Crippen LogP contribution is 2.15. The molecule has 0 aliphatic heterocycles. The zero-order chi connectivity index (χ0) is 8.27. The van der Waals surface area contributed by atoms with Crippen LogP contribution in [0.15, 0.2) is 22.8 Å². The van der Waals surface area contributed by atoms with Gasteiger partial charge in [0.2, 0.25) is 0 Å². The van der Waals surface area contributed by atoms with Crippen molar-refractivity contribution in [2.45, 2.75) is 25.5 Å². The molecule has 0 saturated carbocycles. The van der Waals surface area contributed by atoms with Crippen molar-refractivity contribution in [1.82, 2.24) is 0 Å². The first-order valence-electron chi connectivity index (χ1n) is 3.72. The molecule has 0 amide bonds. The SMILES string of the molecule is CC[C@@H](O)[C@@H](N)c1ccco1. The van der Waals surface area contributed by atoms with Gasteiger partial charge in [0.05, 0.1) is 18.4 Å². The van der Waals surface area contributed by atoms with Crippen molar-refractivity contribution in [2.24, 2.45) is 5.73 Å². The molecule has 0 aromatic carbocycles. The van der Waals surface area contributed by atoms with Crippen LogP contribution in [0.4, 0.5) is 0 Å². The third kappa shape index (κ3) is 1.82. The molecule has 0 radical (unpaired) electrons. The number of hydrogen-bond acceptors (Lipinski definition) is 3. The number of rotatable bonds is 3. The number of furan rings is 1. The Labute approximate surface area is 65.8 Å². The molecule has 0 unspecified atom stereocenters. The van der Waals surface area contributed by atoms with E-state index in [0.29, 0.717) is 12.2 Å². The van der Waals surface area contributed by atoms with E-state index < -0.39 is 12.1 Å². The quantitative estimate of drug-likeness (QED) is 0.685. The summed E-state index contributed by atoms with van der Waals surface area (Å²) in [4.78, 5) is 0. The molecule has 1 rings (SSSR count). The standard InChI is InChI=1S/C8H13NO2/c1-2-6(10)8(9)7-4-3-5-11-7/h3-6,8,10H,2,9H2,1H3/t6-,8-/m1/s1. The number of nitrogens with two attached hydrogens (primary N) is 1.